The van der Waals surface area contributed by atoms with Crippen molar-refractivity contribution < 1.29 is 0 Å². The van der Waals surface area contributed by atoms with Crippen LogP contribution in [-0.4, -0.2) is 13.1 Å². The van der Waals surface area contributed by atoms with Gasteiger partial charge in [0.05, 0.1) is 0 Å². The topological polar surface area (TPSA) is 48.2 Å². The molecule has 70 valence electrons. The van der Waals surface area contributed by atoms with Gasteiger partial charge in [0, 0.05) is 12.7 Å². The summed E-state index contributed by atoms with van der Waals surface area (Å²) < 4.78 is 0. The van der Waals surface area contributed by atoms with Crippen molar-refractivity contribution >= 4 is 0 Å². The fraction of sp³-hybridized carbons (Fsp3) is 0.778. The van der Waals surface area contributed by atoms with Crippen molar-refractivity contribution in [2.24, 2.45) is 5.11 Å². The van der Waals surface area contributed by atoms with Crippen molar-refractivity contribution in [3.05, 3.63) is 11.8 Å². The van der Waals surface area contributed by atoms with Gasteiger partial charge in [-0.05, 0) is 25.0 Å². The van der Waals surface area contributed by atoms with Gasteiger partial charge in [-0.1, -0.05) is 20.3 Å². The fourth-order valence-corrected chi connectivity index (χ4v) is 0.979. The second-order valence-electron chi connectivity index (χ2n) is 2.80. The Labute approximate surface area is 74.8 Å². The lowest BCUT2D eigenvalue weighted by molar-refractivity contribution is 0.709. The summed E-state index contributed by atoms with van der Waals surface area (Å²) in [5, 5.41) is 6.52. The molecule has 0 radical (unpaired) electrons. The summed E-state index contributed by atoms with van der Waals surface area (Å²) in [5.41, 5.74) is 7.96. The minimum atomic E-state index is 0.874. The van der Waals surface area contributed by atoms with E-state index in [1.165, 1.54) is 18.4 Å². The van der Waals surface area contributed by atoms with Crippen molar-refractivity contribution in [1.29, 1.82) is 5.53 Å². The summed E-state index contributed by atoms with van der Waals surface area (Å²) in [7, 11) is 0. The molecule has 0 aromatic rings. The molecule has 0 atom stereocenters. The van der Waals surface area contributed by atoms with Gasteiger partial charge in [-0.25, -0.2) is 5.53 Å². The zero-order valence-electron chi connectivity index (χ0n) is 8.06. The molecule has 0 saturated carbocycles. The van der Waals surface area contributed by atoms with Gasteiger partial charge in [-0.2, -0.15) is 5.11 Å². The Balaban J connectivity index is 3.70. The lowest BCUT2D eigenvalue weighted by Crippen LogP contribution is -2.16. The van der Waals surface area contributed by atoms with Crippen molar-refractivity contribution in [1.82, 2.24) is 5.32 Å². The molecule has 0 bridgehead atoms. The summed E-state index contributed by atoms with van der Waals surface area (Å²) in [6.07, 6.45) is 5.10. The Bertz CT molecular complexity index is 131. The quantitative estimate of drug-likeness (QED) is 0.565. The molecule has 0 spiro atoms. The van der Waals surface area contributed by atoms with Gasteiger partial charge in [0.2, 0.25) is 0 Å². The first kappa shape index (κ1) is 11.3. The molecule has 0 aromatic carbocycles. The number of nitrogens with one attached hydrogen (secondary N) is 2. The van der Waals surface area contributed by atoms with Gasteiger partial charge in [0.15, 0.2) is 0 Å². The normalized spacial score (nSPS) is 11.7. The van der Waals surface area contributed by atoms with E-state index in [0.29, 0.717) is 0 Å². The Kier molecular flexibility index (Phi) is 7.91. The second kappa shape index (κ2) is 8.40. The first-order chi connectivity index (χ1) is 5.85. The Morgan fingerprint density at radius 1 is 1.50 bits per heavy atom. The van der Waals surface area contributed by atoms with E-state index in [0.717, 1.165) is 19.5 Å². The molecule has 0 heterocycles. The molecule has 2 N–H and O–H groups in total. The second-order valence-corrected chi connectivity index (χ2v) is 2.80. The smallest absolute Gasteiger partial charge is 0.0493 e. The Hall–Kier alpha value is -0.700. The van der Waals surface area contributed by atoms with Crippen molar-refractivity contribution in [3.8, 4) is 0 Å². The van der Waals surface area contributed by atoms with Crippen LogP contribution in [0.25, 0.3) is 0 Å². The van der Waals surface area contributed by atoms with E-state index in [-0.39, 0.29) is 0 Å². The summed E-state index contributed by atoms with van der Waals surface area (Å²) >= 11 is 0. The molecule has 0 rings (SSSR count). The third-order valence-corrected chi connectivity index (χ3v) is 1.70. The third-order valence-electron chi connectivity index (χ3n) is 1.70. The van der Waals surface area contributed by atoms with Crippen LogP contribution in [0.3, 0.4) is 0 Å². The number of hydrogen-bond donors (Lipinski definition) is 2. The van der Waals surface area contributed by atoms with E-state index >= 15 is 0 Å². The van der Waals surface area contributed by atoms with Crippen LogP contribution in [0.15, 0.2) is 16.9 Å². The molecule has 0 amide bonds. The van der Waals surface area contributed by atoms with E-state index in [4.69, 9.17) is 5.53 Å². The summed E-state index contributed by atoms with van der Waals surface area (Å²) in [5.74, 6) is 0. The standard InChI is InChI=1S/C9H19N3/c1-3-5-6-9(8-12-10)7-11-4-2/h8,10-11H,3-7H2,1-2H3. The maximum Gasteiger partial charge on any atom is 0.0493 e. The van der Waals surface area contributed by atoms with Crippen LogP contribution in [0, 0.1) is 5.53 Å². The van der Waals surface area contributed by atoms with Crippen LogP contribution < -0.4 is 5.32 Å². The average molecular weight is 169 g/mol. The van der Waals surface area contributed by atoms with Gasteiger partial charge in [0.1, 0.15) is 0 Å². The predicted octanol–water partition coefficient (Wildman–Crippen LogP) is 2.70. The molecule has 0 fully saturated rings. The van der Waals surface area contributed by atoms with E-state index < -0.39 is 0 Å². The number of nitrogens with zero attached hydrogens (tertiary/aromatic N) is 1. The molecule has 0 saturated heterocycles. The summed E-state index contributed by atoms with van der Waals surface area (Å²) in [6.45, 7) is 6.10. The average Bonchev–Trinajstić information content (AvgIpc) is 2.10. The zero-order chi connectivity index (χ0) is 9.23. The van der Waals surface area contributed by atoms with Crippen molar-refractivity contribution in [2.45, 2.75) is 33.1 Å². The first-order valence-electron chi connectivity index (χ1n) is 4.60. The van der Waals surface area contributed by atoms with Crippen molar-refractivity contribution in [2.75, 3.05) is 13.1 Å². The summed E-state index contributed by atoms with van der Waals surface area (Å²) in [6, 6.07) is 0. The molecule has 12 heavy (non-hydrogen) atoms. The SMILES string of the molecule is CCCCC(=CN=N)CNCC. The maximum absolute atomic E-state index is 6.72. The lowest BCUT2D eigenvalue weighted by atomic mass is 10.1. The van der Waals surface area contributed by atoms with Gasteiger partial charge in [0.25, 0.3) is 0 Å². The highest BCUT2D eigenvalue weighted by atomic mass is 14.9. The van der Waals surface area contributed by atoms with Crippen LogP contribution >= 0.6 is 0 Å². The lowest BCUT2D eigenvalue weighted by Gasteiger charge is -2.04. The van der Waals surface area contributed by atoms with E-state index in [2.05, 4.69) is 24.3 Å². The van der Waals surface area contributed by atoms with E-state index in [1.54, 1.807) is 6.20 Å². The number of unbranched alkanes of at least 4 members (excludes halogenated alkanes) is 1. The molecular formula is C9H19N3. The molecular weight excluding hydrogens is 150 g/mol. The van der Waals surface area contributed by atoms with Crippen LogP contribution in [-0.2, 0) is 0 Å². The van der Waals surface area contributed by atoms with Crippen LogP contribution in [0.5, 0.6) is 0 Å². The largest absolute Gasteiger partial charge is 0.313 e. The minimum Gasteiger partial charge on any atom is -0.313 e. The number of hydrogen-bond acceptors (Lipinski definition) is 3. The molecule has 0 aromatic heterocycles. The van der Waals surface area contributed by atoms with Crippen LogP contribution in [0.2, 0.25) is 0 Å². The van der Waals surface area contributed by atoms with E-state index in [9.17, 15) is 0 Å². The Morgan fingerprint density at radius 3 is 2.75 bits per heavy atom. The maximum atomic E-state index is 6.72. The number of rotatable bonds is 7. The highest BCUT2D eigenvalue weighted by Gasteiger charge is 1.95. The minimum absolute atomic E-state index is 0.874. The fourth-order valence-electron chi connectivity index (χ4n) is 0.979. The number of likely N-dealkylation sites (N-methyl/N-ethyl adjacent to an activating group) is 1. The summed E-state index contributed by atoms with van der Waals surface area (Å²) in [4.78, 5) is 0. The monoisotopic (exact) mass is 169 g/mol. The Morgan fingerprint density at radius 2 is 2.25 bits per heavy atom. The molecule has 3 heteroatoms. The van der Waals surface area contributed by atoms with Gasteiger partial charge in [-0.15, -0.1) is 0 Å². The molecule has 0 aliphatic heterocycles. The molecule has 0 aliphatic carbocycles. The zero-order valence-corrected chi connectivity index (χ0v) is 8.06. The van der Waals surface area contributed by atoms with Gasteiger partial charge < -0.3 is 5.32 Å². The molecule has 0 unspecified atom stereocenters. The van der Waals surface area contributed by atoms with Crippen molar-refractivity contribution in [3.63, 3.8) is 0 Å². The molecule has 3 nitrogen and oxygen atoms in total. The van der Waals surface area contributed by atoms with Gasteiger partial charge >= 0.3 is 0 Å². The third kappa shape index (κ3) is 6.04. The highest BCUT2D eigenvalue weighted by molar-refractivity contribution is 5.02. The van der Waals surface area contributed by atoms with E-state index in [1.807, 2.05) is 0 Å². The predicted molar refractivity (Wildman–Crippen MR) is 51.3 cm³/mol. The van der Waals surface area contributed by atoms with Crippen LogP contribution in [0.4, 0.5) is 0 Å². The first-order valence-corrected chi connectivity index (χ1v) is 4.60. The van der Waals surface area contributed by atoms with Crippen LogP contribution in [0.1, 0.15) is 33.1 Å². The van der Waals surface area contributed by atoms with Gasteiger partial charge in [-0.3, -0.25) is 0 Å². The molecule has 0 aliphatic rings. The highest BCUT2D eigenvalue weighted by Crippen LogP contribution is 2.05.